The van der Waals surface area contributed by atoms with E-state index in [1.165, 1.54) is 0 Å². The van der Waals surface area contributed by atoms with Crippen LogP contribution in [-0.4, -0.2) is 4.98 Å². The van der Waals surface area contributed by atoms with Gasteiger partial charge in [-0.05, 0) is 44.5 Å². The van der Waals surface area contributed by atoms with Gasteiger partial charge in [0.15, 0.2) is 6.61 Å². The number of anilines is 1. The van der Waals surface area contributed by atoms with Crippen LogP contribution < -0.4 is 10.5 Å². The van der Waals surface area contributed by atoms with Gasteiger partial charge >= 0.3 is 0 Å². The second-order valence-corrected chi connectivity index (χ2v) is 4.06. The Bertz CT molecular complexity index is 513. The van der Waals surface area contributed by atoms with Gasteiger partial charge in [-0.15, -0.1) is 0 Å². The van der Waals surface area contributed by atoms with Gasteiger partial charge in [-0.2, -0.15) is 0 Å². The Morgan fingerprint density at radius 1 is 1.29 bits per heavy atom. The minimum Gasteiger partial charge on any atom is -0.484 e. The van der Waals surface area contributed by atoms with Crippen molar-refractivity contribution in [2.75, 3.05) is 5.73 Å². The molecule has 0 aliphatic rings. The Balaban J connectivity index is 2.07. The van der Waals surface area contributed by atoms with Crippen molar-refractivity contribution in [3.05, 3.63) is 41.1 Å². The predicted molar refractivity (Wildman–Crippen MR) is 65.9 cm³/mol. The fraction of sp³-hybridized carbons (Fsp3) is 0.308. The van der Waals surface area contributed by atoms with Crippen molar-refractivity contribution in [1.82, 2.24) is 4.98 Å². The molecule has 90 valence electrons. The molecule has 0 saturated carbocycles. The van der Waals surface area contributed by atoms with E-state index >= 15 is 0 Å². The van der Waals surface area contributed by atoms with Crippen LogP contribution in [0.5, 0.6) is 5.75 Å². The highest BCUT2D eigenvalue weighted by molar-refractivity contribution is 5.47. The molecule has 4 heteroatoms. The number of benzene rings is 1. The molecule has 0 saturated heterocycles. The molecule has 2 aromatic rings. The summed E-state index contributed by atoms with van der Waals surface area (Å²) >= 11 is 0. The van der Waals surface area contributed by atoms with E-state index in [-0.39, 0.29) is 0 Å². The number of aryl methyl sites for hydroxylation is 3. The Hall–Kier alpha value is -1.97. The lowest BCUT2D eigenvalue weighted by molar-refractivity contribution is 0.259. The van der Waals surface area contributed by atoms with Crippen LogP contribution in [0.2, 0.25) is 0 Å². The van der Waals surface area contributed by atoms with Crippen molar-refractivity contribution < 1.29 is 9.15 Å². The average molecular weight is 232 g/mol. The Labute approximate surface area is 100 Å². The summed E-state index contributed by atoms with van der Waals surface area (Å²) < 4.78 is 11.1. The van der Waals surface area contributed by atoms with Gasteiger partial charge in [-0.25, -0.2) is 4.98 Å². The second kappa shape index (κ2) is 4.49. The lowest BCUT2D eigenvalue weighted by Crippen LogP contribution is -1.98. The first kappa shape index (κ1) is 11.5. The van der Waals surface area contributed by atoms with E-state index in [4.69, 9.17) is 14.9 Å². The third-order valence-corrected chi connectivity index (χ3v) is 2.62. The summed E-state index contributed by atoms with van der Waals surface area (Å²) in [5, 5.41) is 0. The van der Waals surface area contributed by atoms with Crippen LogP contribution in [0.3, 0.4) is 0 Å². The highest BCUT2D eigenvalue weighted by Crippen LogP contribution is 2.21. The average Bonchev–Trinajstić information content (AvgIpc) is 2.57. The molecule has 0 radical (unpaired) electrons. The summed E-state index contributed by atoms with van der Waals surface area (Å²) in [7, 11) is 0. The van der Waals surface area contributed by atoms with Gasteiger partial charge in [0.2, 0.25) is 5.89 Å². The lowest BCUT2D eigenvalue weighted by atomic mass is 10.2. The Morgan fingerprint density at radius 2 is 2.06 bits per heavy atom. The molecular formula is C13H16N2O2. The molecular weight excluding hydrogens is 216 g/mol. The maximum Gasteiger partial charge on any atom is 0.232 e. The molecule has 0 unspecified atom stereocenters. The van der Waals surface area contributed by atoms with E-state index < -0.39 is 0 Å². The minimum atomic E-state index is 0.333. The van der Waals surface area contributed by atoms with Gasteiger partial charge in [0.05, 0.1) is 5.69 Å². The van der Waals surface area contributed by atoms with E-state index in [1.54, 1.807) is 0 Å². The van der Waals surface area contributed by atoms with E-state index in [0.29, 0.717) is 12.5 Å². The predicted octanol–water partition coefficient (Wildman–Crippen LogP) is 2.76. The standard InChI is InChI=1S/C13H16N2O2/c1-8-6-11(14)4-5-12(8)16-7-13-15-9(2)10(3)17-13/h4-6H,7,14H2,1-3H3. The molecule has 0 fully saturated rings. The number of aromatic nitrogens is 1. The van der Waals surface area contributed by atoms with Gasteiger partial charge in [0, 0.05) is 5.69 Å². The number of nitrogen functional groups attached to an aromatic ring is 1. The number of hydrogen-bond donors (Lipinski definition) is 1. The molecule has 0 aliphatic heterocycles. The maximum atomic E-state index is 5.67. The van der Waals surface area contributed by atoms with Crippen molar-refractivity contribution in [2.24, 2.45) is 0 Å². The van der Waals surface area contributed by atoms with Crippen molar-refractivity contribution in [1.29, 1.82) is 0 Å². The molecule has 1 aromatic carbocycles. The van der Waals surface area contributed by atoms with Gasteiger partial charge < -0.3 is 14.9 Å². The SMILES string of the molecule is Cc1cc(N)ccc1OCc1nc(C)c(C)o1. The first-order chi connectivity index (χ1) is 8.06. The molecule has 0 aliphatic carbocycles. The fourth-order valence-corrected chi connectivity index (χ4v) is 1.57. The highest BCUT2D eigenvalue weighted by Gasteiger charge is 2.07. The summed E-state index contributed by atoms with van der Waals surface area (Å²) in [4.78, 5) is 4.26. The van der Waals surface area contributed by atoms with E-state index in [0.717, 1.165) is 28.5 Å². The highest BCUT2D eigenvalue weighted by atomic mass is 16.5. The first-order valence-electron chi connectivity index (χ1n) is 5.48. The maximum absolute atomic E-state index is 5.67. The van der Waals surface area contributed by atoms with Gasteiger partial charge in [0.25, 0.3) is 0 Å². The molecule has 1 aromatic heterocycles. The molecule has 0 spiro atoms. The number of hydrogen-bond acceptors (Lipinski definition) is 4. The zero-order valence-electron chi connectivity index (χ0n) is 10.3. The molecule has 0 bridgehead atoms. The summed E-state index contributed by atoms with van der Waals surface area (Å²) in [6.07, 6.45) is 0. The third-order valence-electron chi connectivity index (χ3n) is 2.62. The number of ether oxygens (including phenoxy) is 1. The van der Waals surface area contributed by atoms with Crippen LogP contribution in [0, 0.1) is 20.8 Å². The molecule has 0 atom stereocenters. The normalized spacial score (nSPS) is 10.5. The van der Waals surface area contributed by atoms with Crippen LogP contribution in [0.4, 0.5) is 5.69 Å². The van der Waals surface area contributed by atoms with E-state index in [1.807, 2.05) is 39.0 Å². The summed E-state index contributed by atoms with van der Waals surface area (Å²) in [6.45, 7) is 6.09. The molecule has 17 heavy (non-hydrogen) atoms. The topological polar surface area (TPSA) is 61.3 Å². The molecule has 0 amide bonds. The van der Waals surface area contributed by atoms with Crippen LogP contribution in [-0.2, 0) is 6.61 Å². The van der Waals surface area contributed by atoms with Crippen LogP contribution >= 0.6 is 0 Å². The minimum absolute atomic E-state index is 0.333. The summed E-state index contributed by atoms with van der Waals surface area (Å²) in [5.74, 6) is 2.22. The first-order valence-corrected chi connectivity index (χ1v) is 5.48. The van der Waals surface area contributed by atoms with Crippen molar-refractivity contribution in [3.8, 4) is 5.75 Å². The monoisotopic (exact) mass is 232 g/mol. The molecule has 2 rings (SSSR count). The fourth-order valence-electron chi connectivity index (χ4n) is 1.57. The second-order valence-electron chi connectivity index (χ2n) is 4.06. The molecule has 2 N–H and O–H groups in total. The van der Waals surface area contributed by atoms with Crippen LogP contribution in [0.25, 0.3) is 0 Å². The van der Waals surface area contributed by atoms with E-state index in [9.17, 15) is 0 Å². The Kier molecular flexibility index (Phi) is 3.04. The third kappa shape index (κ3) is 2.58. The zero-order valence-corrected chi connectivity index (χ0v) is 10.3. The van der Waals surface area contributed by atoms with Crippen molar-refractivity contribution >= 4 is 5.69 Å². The van der Waals surface area contributed by atoms with Crippen LogP contribution in [0.15, 0.2) is 22.6 Å². The molecule has 1 heterocycles. The van der Waals surface area contributed by atoms with Crippen molar-refractivity contribution in [2.45, 2.75) is 27.4 Å². The molecule has 4 nitrogen and oxygen atoms in total. The number of nitrogens with zero attached hydrogens (tertiary/aromatic N) is 1. The van der Waals surface area contributed by atoms with E-state index in [2.05, 4.69) is 4.98 Å². The number of rotatable bonds is 3. The zero-order chi connectivity index (χ0) is 12.4. The van der Waals surface area contributed by atoms with Crippen LogP contribution in [0.1, 0.15) is 22.9 Å². The quantitative estimate of drug-likeness (QED) is 0.826. The van der Waals surface area contributed by atoms with Crippen molar-refractivity contribution in [3.63, 3.8) is 0 Å². The van der Waals surface area contributed by atoms with Gasteiger partial charge in [-0.1, -0.05) is 0 Å². The lowest BCUT2D eigenvalue weighted by Gasteiger charge is -2.07. The van der Waals surface area contributed by atoms with Gasteiger partial charge in [0.1, 0.15) is 11.5 Å². The number of oxazole rings is 1. The Morgan fingerprint density at radius 3 is 2.65 bits per heavy atom. The summed E-state index contributed by atoms with van der Waals surface area (Å²) in [5.41, 5.74) is 8.31. The summed E-state index contributed by atoms with van der Waals surface area (Å²) in [6, 6.07) is 5.54. The largest absolute Gasteiger partial charge is 0.484 e. The van der Waals surface area contributed by atoms with Gasteiger partial charge in [-0.3, -0.25) is 0 Å². The number of nitrogens with two attached hydrogens (primary N) is 1. The smallest absolute Gasteiger partial charge is 0.232 e.